The zero-order valence-corrected chi connectivity index (χ0v) is 17.5. The van der Waals surface area contributed by atoms with Crippen molar-refractivity contribution >= 4 is 34.8 Å². The fourth-order valence-corrected chi connectivity index (χ4v) is 3.06. The van der Waals surface area contributed by atoms with E-state index < -0.39 is 24.5 Å². The molecule has 0 saturated carbocycles. The van der Waals surface area contributed by atoms with Gasteiger partial charge in [-0.25, -0.2) is 4.79 Å². The molecule has 0 aliphatic carbocycles. The van der Waals surface area contributed by atoms with E-state index in [2.05, 4.69) is 10.6 Å². The standard InChI is InChI=1S/C20H24N2O6S/c1-12(2)18(22-19(24)16-6-5-9-29-16)20(25)28-11-17(23)21-14-8-7-13(26-3)10-15(14)27-4/h5-10,12,18H,11H2,1-4H3,(H,21,23)(H,22,24)/t18-/m0/s1. The number of ether oxygens (including phenoxy) is 3. The number of nitrogens with one attached hydrogen (secondary N) is 2. The van der Waals surface area contributed by atoms with Gasteiger partial charge in [-0.3, -0.25) is 9.59 Å². The molecule has 1 heterocycles. The predicted molar refractivity (Wildman–Crippen MR) is 110 cm³/mol. The van der Waals surface area contributed by atoms with Crippen molar-refractivity contribution in [2.24, 2.45) is 5.92 Å². The van der Waals surface area contributed by atoms with Gasteiger partial charge in [0.05, 0.1) is 24.8 Å². The molecule has 0 aliphatic rings. The molecule has 0 bridgehead atoms. The SMILES string of the molecule is COc1ccc(NC(=O)COC(=O)[C@@H](NC(=O)c2cccs2)C(C)C)c(OC)c1. The van der Waals surface area contributed by atoms with Crippen molar-refractivity contribution in [3.8, 4) is 11.5 Å². The summed E-state index contributed by atoms with van der Waals surface area (Å²) in [5.74, 6) is -0.797. The summed E-state index contributed by atoms with van der Waals surface area (Å²) in [5.41, 5.74) is 0.417. The number of carbonyl (C=O) groups is 3. The lowest BCUT2D eigenvalue weighted by Crippen LogP contribution is -2.45. The number of thiophene rings is 1. The summed E-state index contributed by atoms with van der Waals surface area (Å²) >= 11 is 1.27. The second-order valence-electron chi connectivity index (χ2n) is 6.39. The molecule has 1 aromatic heterocycles. The van der Waals surface area contributed by atoms with E-state index in [0.29, 0.717) is 22.1 Å². The lowest BCUT2D eigenvalue weighted by molar-refractivity contribution is -0.150. The molecule has 0 fully saturated rings. The van der Waals surface area contributed by atoms with E-state index in [1.807, 2.05) is 0 Å². The molecule has 2 amide bonds. The monoisotopic (exact) mass is 420 g/mol. The van der Waals surface area contributed by atoms with Gasteiger partial charge in [-0.15, -0.1) is 11.3 Å². The van der Waals surface area contributed by atoms with Gasteiger partial charge in [0.25, 0.3) is 11.8 Å². The summed E-state index contributed by atoms with van der Waals surface area (Å²) in [6, 6.07) is 7.46. The van der Waals surface area contributed by atoms with Gasteiger partial charge in [-0.05, 0) is 29.5 Å². The van der Waals surface area contributed by atoms with Crippen LogP contribution in [0.4, 0.5) is 5.69 Å². The average molecular weight is 420 g/mol. The molecule has 0 unspecified atom stereocenters. The Morgan fingerprint density at radius 3 is 2.45 bits per heavy atom. The van der Waals surface area contributed by atoms with Crippen LogP contribution >= 0.6 is 11.3 Å². The highest BCUT2D eigenvalue weighted by molar-refractivity contribution is 7.12. The van der Waals surface area contributed by atoms with Gasteiger partial charge in [0.2, 0.25) is 0 Å². The highest BCUT2D eigenvalue weighted by Gasteiger charge is 2.27. The van der Waals surface area contributed by atoms with Crippen molar-refractivity contribution in [1.82, 2.24) is 5.32 Å². The minimum Gasteiger partial charge on any atom is -0.497 e. The molecule has 2 aromatic rings. The van der Waals surface area contributed by atoms with Crippen LogP contribution in [0.2, 0.25) is 0 Å². The Hall–Kier alpha value is -3.07. The van der Waals surface area contributed by atoms with Crippen LogP contribution in [0.15, 0.2) is 35.7 Å². The largest absolute Gasteiger partial charge is 0.497 e. The van der Waals surface area contributed by atoms with Crippen LogP contribution in [0.5, 0.6) is 11.5 Å². The van der Waals surface area contributed by atoms with Crippen molar-refractivity contribution in [2.75, 3.05) is 26.1 Å². The number of benzene rings is 1. The molecule has 8 nitrogen and oxygen atoms in total. The van der Waals surface area contributed by atoms with E-state index in [0.717, 1.165) is 0 Å². The molecule has 0 spiro atoms. The number of hydrogen-bond donors (Lipinski definition) is 2. The first-order valence-electron chi connectivity index (χ1n) is 8.88. The smallest absolute Gasteiger partial charge is 0.329 e. The van der Waals surface area contributed by atoms with Gasteiger partial charge in [0, 0.05) is 6.07 Å². The second-order valence-corrected chi connectivity index (χ2v) is 7.34. The zero-order chi connectivity index (χ0) is 21.4. The Bertz CT molecular complexity index is 851. The van der Waals surface area contributed by atoms with Gasteiger partial charge in [0.15, 0.2) is 6.61 Å². The normalized spacial score (nSPS) is 11.5. The van der Waals surface area contributed by atoms with Crippen LogP contribution in [-0.2, 0) is 14.3 Å². The van der Waals surface area contributed by atoms with Crippen molar-refractivity contribution in [3.05, 3.63) is 40.6 Å². The van der Waals surface area contributed by atoms with E-state index in [-0.39, 0.29) is 11.8 Å². The lowest BCUT2D eigenvalue weighted by atomic mass is 10.0. The summed E-state index contributed by atoms with van der Waals surface area (Å²) in [4.78, 5) is 37.3. The fourth-order valence-electron chi connectivity index (χ4n) is 2.43. The zero-order valence-electron chi connectivity index (χ0n) is 16.7. The predicted octanol–water partition coefficient (Wildman–Crippen LogP) is 2.70. The molecular weight excluding hydrogens is 396 g/mol. The van der Waals surface area contributed by atoms with Crippen molar-refractivity contribution < 1.29 is 28.6 Å². The molecule has 0 radical (unpaired) electrons. The first-order valence-corrected chi connectivity index (χ1v) is 9.76. The third kappa shape index (κ3) is 6.21. The maximum absolute atomic E-state index is 12.4. The van der Waals surface area contributed by atoms with E-state index in [4.69, 9.17) is 14.2 Å². The Balaban J connectivity index is 1.93. The second kappa shape index (κ2) is 10.5. The lowest BCUT2D eigenvalue weighted by Gasteiger charge is -2.20. The molecular formula is C20H24N2O6S. The summed E-state index contributed by atoms with van der Waals surface area (Å²) < 4.78 is 15.4. The van der Waals surface area contributed by atoms with Gasteiger partial charge in [-0.2, -0.15) is 0 Å². The third-order valence-corrected chi connectivity index (χ3v) is 4.85. The molecule has 1 atom stereocenters. The van der Waals surface area contributed by atoms with Gasteiger partial charge in [0.1, 0.15) is 17.5 Å². The minimum absolute atomic E-state index is 0.212. The highest BCUT2D eigenvalue weighted by atomic mass is 32.1. The molecule has 29 heavy (non-hydrogen) atoms. The van der Waals surface area contributed by atoms with Crippen LogP contribution in [-0.4, -0.2) is 44.7 Å². The molecule has 0 aliphatic heterocycles. The molecule has 2 rings (SSSR count). The average Bonchev–Trinajstić information content (AvgIpc) is 3.25. The number of amides is 2. The molecule has 156 valence electrons. The summed E-state index contributed by atoms with van der Waals surface area (Å²) in [6.45, 7) is 3.07. The topological polar surface area (TPSA) is 103 Å². The maximum Gasteiger partial charge on any atom is 0.329 e. The molecule has 9 heteroatoms. The Morgan fingerprint density at radius 1 is 1.10 bits per heavy atom. The van der Waals surface area contributed by atoms with Crippen LogP contribution in [0, 0.1) is 5.92 Å². The minimum atomic E-state index is -0.868. The van der Waals surface area contributed by atoms with Gasteiger partial charge >= 0.3 is 5.97 Å². The summed E-state index contributed by atoms with van der Waals surface area (Å²) in [7, 11) is 2.99. The van der Waals surface area contributed by atoms with Crippen molar-refractivity contribution in [3.63, 3.8) is 0 Å². The van der Waals surface area contributed by atoms with Crippen molar-refractivity contribution in [1.29, 1.82) is 0 Å². The van der Waals surface area contributed by atoms with Crippen LogP contribution in [0.3, 0.4) is 0 Å². The van der Waals surface area contributed by atoms with E-state index in [9.17, 15) is 14.4 Å². The first-order chi connectivity index (χ1) is 13.8. The van der Waals surface area contributed by atoms with Gasteiger partial charge in [-0.1, -0.05) is 19.9 Å². The highest BCUT2D eigenvalue weighted by Crippen LogP contribution is 2.28. The molecule has 2 N–H and O–H groups in total. The third-order valence-electron chi connectivity index (χ3n) is 3.98. The summed E-state index contributed by atoms with van der Waals surface area (Å²) in [6.07, 6.45) is 0. The van der Waals surface area contributed by atoms with E-state index in [1.165, 1.54) is 25.6 Å². The molecule has 1 aromatic carbocycles. The van der Waals surface area contributed by atoms with Crippen LogP contribution in [0.25, 0.3) is 0 Å². The first kappa shape index (κ1) is 22.2. The number of methoxy groups -OCH3 is 2. The van der Waals surface area contributed by atoms with Gasteiger partial charge < -0.3 is 24.8 Å². The number of anilines is 1. The Morgan fingerprint density at radius 2 is 1.86 bits per heavy atom. The summed E-state index contributed by atoms with van der Waals surface area (Å²) in [5, 5.41) is 7.04. The quantitative estimate of drug-likeness (QED) is 0.605. The van der Waals surface area contributed by atoms with Crippen LogP contribution < -0.4 is 20.1 Å². The van der Waals surface area contributed by atoms with E-state index >= 15 is 0 Å². The maximum atomic E-state index is 12.4. The number of rotatable bonds is 9. The Labute approximate surface area is 173 Å². The fraction of sp³-hybridized carbons (Fsp3) is 0.350. The molecule has 0 saturated heterocycles. The van der Waals surface area contributed by atoms with Crippen LogP contribution in [0.1, 0.15) is 23.5 Å². The number of carbonyl (C=O) groups excluding carboxylic acids is 3. The number of hydrogen-bond acceptors (Lipinski definition) is 7. The van der Waals surface area contributed by atoms with Crippen molar-refractivity contribution in [2.45, 2.75) is 19.9 Å². The Kier molecular flexibility index (Phi) is 8.02. The van der Waals surface area contributed by atoms with E-state index in [1.54, 1.807) is 49.6 Å². The number of esters is 1.